The van der Waals surface area contributed by atoms with Crippen molar-refractivity contribution >= 4 is 29.1 Å². The lowest BCUT2D eigenvalue weighted by molar-refractivity contribution is -0.139. The first-order chi connectivity index (χ1) is 11.6. The Hall–Kier alpha value is -1.81. The number of nitrogens with zero attached hydrogens (tertiary/aromatic N) is 1. The zero-order valence-electron chi connectivity index (χ0n) is 13.4. The maximum Gasteiger partial charge on any atom is 0.235 e. The molecule has 24 heavy (non-hydrogen) atoms. The Balaban J connectivity index is 1.38. The van der Waals surface area contributed by atoms with Crippen LogP contribution in [0.5, 0.6) is 0 Å². The van der Waals surface area contributed by atoms with Crippen molar-refractivity contribution in [2.45, 2.75) is 13.3 Å². The predicted molar refractivity (Wildman–Crippen MR) is 91.2 cm³/mol. The number of hydrogen-bond acceptors (Lipinski definition) is 3. The minimum atomic E-state index is -0.126. The minimum absolute atomic E-state index is 0.00174. The molecule has 2 saturated carbocycles. The van der Waals surface area contributed by atoms with E-state index in [-0.39, 0.29) is 42.2 Å². The molecule has 0 spiro atoms. The van der Waals surface area contributed by atoms with E-state index in [4.69, 9.17) is 11.6 Å². The van der Waals surface area contributed by atoms with Crippen molar-refractivity contribution in [3.05, 3.63) is 40.9 Å². The van der Waals surface area contributed by atoms with Crippen LogP contribution in [0.2, 0.25) is 5.02 Å². The second-order valence-electron chi connectivity index (χ2n) is 7.51. The average molecular weight is 343 g/mol. The number of rotatable bonds is 3. The van der Waals surface area contributed by atoms with Gasteiger partial charge in [0.2, 0.25) is 11.8 Å². The van der Waals surface area contributed by atoms with Gasteiger partial charge in [0.05, 0.1) is 18.5 Å². The number of imide groups is 1. The third-order valence-corrected chi connectivity index (χ3v) is 6.86. The smallest absolute Gasteiger partial charge is 0.235 e. The van der Waals surface area contributed by atoms with Crippen molar-refractivity contribution in [3.8, 4) is 0 Å². The van der Waals surface area contributed by atoms with E-state index < -0.39 is 0 Å². The van der Waals surface area contributed by atoms with Gasteiger partial charge < -0.3 is 5.32 Å². The van der Waals surface area contributed by atoms with Crippen LogP contribution in [0.1, 0.15) is 12.0 Å². The van der Waals surface area contributed by atoms with Gasteiger partial charge in [-0.1, -0.05) is 29.8 Å². The van der Waals surface area contributed by atoms with Crippen molar-refractivity contribution < 1.29 is 9.59 Å². The number of likely N-dealkylation sites (tertiary alicyclic amines) is 1. The Kier molecular flexibility index (Phi) is 2.94. The van der Waals surface area contributed by atoms with Gasteiger partial charge in [-0.2, -0.15) is 0 Å². The summed E-state index contributed by atoms with van der Waals surface area (Å²) in [5, 5.41) is 3.89. The quantitative estimate of drug-likeness (QED) is 0.678. The molecule has 3 fully saturated rings. The fraction of sp³-hybridized carbons (Fsp3) is 0.474. The third-order valence-electron chi connectivity index (χ3n) is 6.45. The van der Waals surface area contributed by atoms with E-state index in [0.29, 0.717) is 16.9 Å². The van der Waals surface area contributed by atoms with E-state index in [1.165, 1.54) is 11.3 Å². The number of carbonyl (C=O) groups excluding carboxylic acids is 2. The van der Waals surface area contributed by atoms with Crippen molar-refractivity contribution in [2.24, 2.45) is 35.5 Å². The topological polar surface area (TPSA) is 49.4 Å². The Morgan fingerprint density at radius 2 is 1.75 bits per heavy atom. The van der Waals surface area contributed by atoms with Crippen LogP contribution in [0.4, 0.5) is 5.69 Å². The first-order valence-corrected chi connectivity index (χ1v) is 8.98. The van der Waals surface area contributed by atoms with Gasteiger partial charge in [0, 0.05) is 10.7 Å². The molecule has 5 aliphatic rings. The van der Waals surface area contributed by atoms with Gasteiger partial charge in [0.1, 0.15) is 0 Å². The van der Waals surface area contributed by atoms with E-state index in [2.05, 4.69) is 17.5 Å². The molecule has 0 aromatic heterocycles. The zero-order chi connectivity index (χ0) is 16.6. The van der Waals surface area contributed by atoms with Crippen LogP contribution in [-0.4, -0.2) is 23.4 Å². The minimum Gasteiger partial charge on any atom is -0.367 e. The van der Waals surface area contributed by atoms with E-state index in [0.717, 1.165) is 11.3 Å². The molecular formula is C19H19ClN2O2. The van der Waals surface area contributed by atoms with E-state index >= 15 is 0 Å². The molecule has 6 atom stereocenters. The van der Waals surface area contributed by atoms with Gasteiger partial charge in [-0.25, -0.2) is 0 Å². The lowest BCUT2D eigenvalue weighted by Gasteiger charge is -2.37. The summed E-state index contributed by atoms with van der Waals surface area (Å²) in [5.41, 5.74) is 1.79. The van der Waals surface area contributed by atoms with E-state index in [1.54, 1.807) is 0 Å². The standard InChI is InChI=1S/C19H19ClN2O2/c1-9-14(20)3-2-4-15(9)21-8-22-18(23)16-10-5-6-11(13-7-12(10)13)17(16)19(22)24/h2-6,10-13,16-17,21H,7-8H2,1H3/t10-,11-,12-,13+,16+,17-/m1/s1. The Morgan fingerprint density at radius 1 is 1.12 bits per heavy atom. The molecular weight excluding hydrogens is 324 g/mol. The second-order valence-corrected chi connectivity index (χ2v) is 7.91. The van der Waals surface area contributed by atoms with Crippen molar-refractivity contribution in [3.63, 3.8) is 0 Å². The van der Waals surface area contributed by atoms with Crippen LogP contribution >= 0.6 is 11.6 Å². The molecule has 4 nitrogen and oxygen atoms in total. The Bertz CT molecular complexity index is 754. The SMILES string of the molecule is Cc1c(Cl)cccc1NCN1C(=O)[C@@H]2[C@@H]3C=C[C@H]([C@H]4C[C@@H]34)[C@@H]2C1=O. The summed E-state index contributed by atoms with van der Waals surface area (Å²) in [4.78, 5) is 27.2. The molecule has 2 amide bonds. The number of carbonyl (C=O) groups is 2. The number of halogens is 1. The highest BCUT2D eigenvalue weighted by molar-refractivity contribution is 6.31. The molecule has 4 aliphatic carbocycles. The summed E-state index contributed by atoms with van der Waals surface area (Å²) < 4.78 is 0. The number of anilines is 1. The van der Waals surface area contributed by atoms with Crippen molar-refractivity contribution in [1.82, 2.24) is 4.90 Å². The molecule has 2 bridgehead atoms. The molecule has 1 N–H and O–H groups in total. The fourth-order valence-electron chi connectivity index (χ4n) is 5.14. The van der Waals surface area contributed by atoms with Gasteiger partial charge in [-0.15, -0.1) is 0 Å². The second kappa shape index (κ2) is 4.85. The molecule has 1 aliphatic heterocycles. The van der Waals surface area contributed by atoms with Gasteiger partial charge >= 0.3 is 0 Å². The summed E-state index contributed by atoms with van der Waals surface area (Å²) in [6.07, 6.45) is 5.59. The third kappa shape index (κ3) is 1.80. The van der Waals surface area contributed by atoms with Crippen molar-refractivity contribution in [1.29, 1.82) is 0 Å². The number of hydrogen-bond donors (Lipinski definition) is 1. The maximum atomic E-state index is 12.9. The molecule has 1 aromatic carbocycles. The van der Waals surface area contributed by atoms with Gasteiger partial charge in [-0.3, -0.25) is 14.5 Å². The number of amides is 2. The van der Waals surface area contributed by atoms with Crippen LogP contribution in [0.25, 0.3) is 0 Å². The van der Waals surface area contributed by atoms with Gasteiger partial charge in [0.15, 0.2) is 0 Å². The van der Waals surface area contributed by atoms with Crippen LogP contribution < -0.4 is 5.32 Å². The molecule has 1 heterocycles. The Morgan fingerprint density at radius 3 is 2.38 bits per heavy atom. The molecule has 0 unspecified atom stereocenters. The lowest BCUT2D eigenvalue weighted by atomic mass is 9.63. The molecule has 5 heteroatoms. The summed E-state index contributed by atoms with van der Waals surface area (Å²) in [6.45, 7) is 2.15. The summed E-state index contributed by atoms with van der Waals surface area (Å²) in [5.74, 6) is 1.58. The summed E-state index contributed by atoms with van der Waals surface area (Å²) >= 11 is 6.14. The zero-order valence-corrected chi connectivity index (χ0v) is 14.2. The van der Waals surface area contributed by atoms with E-state index in [9.17, 15) is 9.59 Å². The maximum absolute atomic E-state index is 12.9. The van der Waals surface area contributed by atoms with Crippen LogP contribution in [0.3, 0.4) is 0 Å². The summed E-state index contributed by atoms with van der Waals surface area (Å²) in [7, 11) is 0. The first-order valence-electron chi connectivity index (χ1n) is 8.60. The molecule has 1 saturated heterocycles. The highest BCUT2D eigenvalue weighted by atomic mass is 35.5. The van der Waals surface area contributed by atoms with Crippen LogP contribution in [0, 0.1) is 42.4 Å². The normalized spacial score (nSPS) is 38.3. The van der Waals surface area contributed by atoms with E-state index in [1.807, 2.05) is 25.1 Å². The first kappa shape index (κ1) is 14.5. The molecule has 1 aromatic rings. The monoisotopic (exact) mass is 342 g/mol. The molecule has 124 valence electrons. The molecule has 0 radical (unpaired) electrons. The fourth-order valence-corrected chi connectivity index (χ4v) is 5.31. The lowest BCUT2D eigenvalue weighted by Crippen LogP contribution is -2.40. The highest BCUT2D eigenvalue weighted by Gasteiger charge is 2.66. The number of allylic oxidation sites excluding steroid dienone is 2. The largest absolute Gasteiger partial charge is 0.367 e. The van der Waals surface area contributed by atoms with Crippen LogP contribution in [0.15, 0.2) is 30.4 Å². The summed E-state index contributed by atoms with van der Waals surface area (Å²) in [6, 6.07) is 5.61. The van der Waals surface area contributed by atoms with Gasteiger partial charge in [0.25, 0.3) is 0 Å². The van der Waals surface area contributed by atoms with Crippen LogP contribution in [-0.2, 0) is 9.59 Å². The average Bonchev–Trinajstić information content (AvgIpc) is 3.35. The van der Waals surface area contributed by atoms with Crippen molar-refractivity contribution in [2.75, 3.05) is 12.0 Å². The number of nitrogens with one attached hydrogen (secondary N) is 1. The molecule has 6 rings (SSSR count). The highest BCUT2D eigenvalue weighted by Crippen LogP contribution is 2.65. The Labute approximate surface area is 145 Å². The van der Waals surface area contributed by atoms with Gasteiger partial charge in [-0.05, 0) is 54.7 Å². The number of benzene rings is 1. The predicted octanol–water partition coefficient (Wildman–Crippen LogP) is 3.07.